The van der Waals surface area contributed by atoms with Crippen LogP contribution in [-0.4, -0.2) is 50.3 Å². The van der Waals surface area contributed by atoms with Crippen LogP contribution in [0.4, 0.5) is 0 Å². The minimum absolute atomic E-state index is 0.351. The number of rotatable bonds is 5. The van der Waals surface area contributed by atoms with Gasteiger partial charge in [-0.1, -0.05) is 25.1 Å². The topological polar surface area (TPSA) is 40.6 Å². The number of nitrogens with zero attached hydrogens (tertiary/aromatic N) is 2. The van der Waals surface area contributed by atoms with Crippen molar-refractivity contribution in [2.24, 2.45) is 0 Å². The van der Waals surface area contributed by atoms with Gasteiger partial charge in [-0.3, -0.25) is 4.90 Å². The molecule has 1 aliphatic rings. The van der Waals surface area contributed by atoms with Gasteiger partial charge in [-0.05, 0) is 44.5 Å². The largest absolute Gasteiger partial charge is 0.299 e. The average molecular weight is 296 g/mol. The van der Waals surface area contributed by atoms with Crippen LogP contribution in [-0.2, 0) is 10.0 Å². The summed E-state index contributed by atoms with van der Waals surface area (Å²) in [5.41, 5.74) is 0.804. The molecule has 1 atom stereocenters. The Kier molecular flexibility index (Phi) is 4.83. The highest BCUT2D eigenvalue weighted by Gasteiger charge is 2.29. The summed E-state index contributed by atoms with van der Waals surface area (Å²) in [6.07, 6.45) is 2.25. The Labute approximate surface area is 122 Å². The third-order valence-corrected chi connectivity index (χ3v) is 6.14. The molecule has 112 valence electrons. The number of hydrogen-bond donors (Lipinski definition) is 0. The predicted molar refractivity (Wildman–Crippen MR) is 81.3 cm³/mol. The summed E-state index contributed by atoms with van der Waals surface area (Å²) in [7, 11) is -1.69. The van der Waals surface area contributed by atoms with E-state index in [0.717, 1.165) is 31.5 Å². The van der Waals surface area contributed by atoms with Gasteiger partial charge in [0.25, 0.3) is 0 Å². The van der Waals surface area contributed by atoms with Crippen LogP contribution in [0.1, 0.15) is 25.3 Å². The van der Waals surface area contributed by atoms with Gasteiger partial charge in [-0.15, -0.1) is 0 Å². The predicted octanol–water partition coefficient (Wildman–Crippen LogP) is 2.10. The standard InChI is InChI=1S/C15H24N2O2S/c1-4-17-11-7-9-14(17)12-16(3)20(18,19)15-10-6-5-8-13(15)2/h5-6,8,10,14H,4,7,9,11-12H2,1-3H3. The van der Waals surface area contributed by atoms with E-state index in [2.05, 4.69) is 11.8 Å². The Bertz CT molecular complexity index is 557. The van der Waals surface area contributed by atoms with E-state index in [1.165, 1.54) is 4.31 Å². The molecule has 20 heavy (non-hydrogen) atoms. The van der Waals surface area contributed by atoms with E-state index >= 15 is 0 Å². The first-order chi connectivity index (χ1) is 9.46. The first kappa shape index (κ1) is 15.5. The second kappa shape index (κ2) is 6.24. The van der Waals surface area contributed by atoms with Crippen LogP contribution >= 0.6 is 0 Å². The van der Waals surface area contributed by atoms with Crippen LogP contribution in [0.2, 0.25) is 0 Å². The summed E-state index contributed by atoms with van der Waals surface area (Å²) in [6, 6.07) is 7.53. The molecule has 5 heteroatoms. The number of likely N-dealkylation sites (tertiary alicyclic amines) is 1. The fourth-order valence-electron chi connectivity index (χ4n) is 2.93. The van der Waals surface area contributed by atoms with Crippen molar-refractivity contribution in [3.63, 3.8) is 0 Å². The lowest BCUT2D eigenvalue weighted by Crippen LogP contribution is -2.41. The lowest BCUT2D eigenvalue weighted by Gasteiger charge is -2.27. The fourth-order valence-corrected chi connectivity index (χ4v) is 4.36. The van der Waals surface area contributed by atoms with Crippen molar-refractivity contribution in [1.29, 1.82) is 0 Å². The monoisotopic (exact) mass is 296 g/mol. The van der Waals surface area contributed by atoms with E-state index in [9.17, 15) is 8.42 Å². The Morgan fingerprint density at radius 3 is 2.70 bits per heavy atom. The smallest absolute Gasteiger partial charge is 0.243 e. The van der Waals surface area contributed by atoms with Crippen molar-refractivity contribution in [2.75, 3.05) is 26.7 Å². The second-order valence-electron chi connectivity index (χ2n) is 5.48. The molecule has 0 spiro atoms. The average Bonchev–Trinajstić information content (AvgIpc) is 2.86. The van der Waals surface area contributed by atoms with E-state index in [-0.39, 0.29) is 0 Å². The van der Waals surface area contributed by atoms with Gasteiger partial charge in [0.1, 0.15) is 0 Å². The number of likely N-dealkylation sites (N-methyl/N-ethyl adjacent to an activating group) is 2. The van der Waals surface area contributed by atoms with Crippen LogP contribution in [0.3, 0.4) is 0 Å². The molecule has 1 aromatic carbocycles. The first-order valence-electron chi connectivity index (χ1n) is 7.23. The molecule has 1 aliphatic heterocycles. The van der Waals surface area contributed by atoms with E-state index in [1.54, 1.807) is 19.2 Å². The normalized spacial score (nSPS) is 20.7. The van der Waals surface area contributed by atoms with Crippen molar-refractivity contribution in [2.45, 2.75) is 37.6 Å². The van der Waals surface area contributed by atoms with Crippen LogP contribution in [0.15, 0.2) is 29.2 Å². The second-order valence-corrected chi connectivity index (χ2v) is 7.49. The summed E-state index contributed by atoms with van der Waals surface area (Å²) < 4.78 is 26.8. The van der Waals surface area contributed by atoms with Crippen LogP contribution in [0.5, 0.6) is 0 Å². The molecule has 0 amide bonds. The van der Waals surface area contributed by atoms with Gasteiger partial charge in [0.2, 0.25) is 10.0 Å². The summed E-state index contributed by atoms with van der Waals surface area (Å²) in [6.45, 7) is 6.62. The van der Waals surface area contributed by atoms with Crippen LogP contribution in [0, 0.1) is 6.92 Å². The van der Waals surface area contributed by atoms with Gasteiger partial charge in [-0.2, -0.15) is 4.31 Å². The van der Waals surface area contributed by atoms with Crippen molar-refractivity contribution < 1.29 is 8.42 Å². The number of aryl methyl sites for hydroxylation is 1. The third-order valence-electron chi connectivity index (χ3n) is 4.15. The van der Waals surface area contributed by atoms with Gasteiger partial charge in [0.05, 0.1) is 4.90 Å². The summed E-state index contributed by atoms with van der Waals surface area (Å²) in [5.74, 6) is 0. The molecule has 0 bridgehead atoms. The zero-order valence-corrected chi connectivity index (χ0v) is 13.4. The van der Waals surface area contributed by atoms with Gasteiger partial charge < -0.3 is 0 Å². The maximum Gasteiger partial charge on any atom is 0.243 e. The van der Waals surface area contributed by atoms with Crippen LogP contribution < -0.4 is 0 Å². The van der Waals surface area contributed by atoms with Crippen molar-refractivity contribution in [1.82, 2.24) is 9.21 Å². The molecule has 1 saturated heterocycles. The zero-order valence-electron chi connectivity index (χ0n) is 12.5. The highest BCUT2D eigenvalue weighted by atomic mass is 32.2. The molecule has 4 nitrogen and oxygen atoms in total. The molecular formula is C15H24N2O2S. The molecule has 1 unspecified atom stereocenters. The number of hydrogen-bond acceptors (Lipinski definition) is 3. The Balaban J connectivity index is 2.16. The first-order valence-corrected chi connectivity index (χ1v) is 8.67. The molecule has 0 aliphatic carbocycles. The molecular weight excluding hydrogens is 272 g/mol. The summed E-state index contributed by atoms with van der Waals surface area (Å²) in [5, 5.41) is 0. The SMILES string of the molecule is CCN1CCCC1CN(C)S(=O)(=O)c1ccccc1C. The molecule has 0 aromatic heterocycles. The summed E-state index contributed by atoms with van der Waals surface area (Å²) in [4.78, 5) is 2.78. The minimum Gasteiger partial charge on any atom is -0.299 e. The van der Waals surface area contributed by atoms with E-state index in [4.69, 9.17) is 0 Å². The van der Waals surface area contributed by atoms with Crippen molar-refractivity contribution in [3.05, 3.63) is 29.8 Å². The van der Waals surface area contributed by atoms with E-state index < -0.39 is 10.0 Å². The van der Waals surface area contributed by atoms with E-state index in [1.807, 2.05) is 19.1 Å². The Morgan fingerprint density at radius 2 is 2.05 bits per heavy atom. The van der Waals surface area contributed by atoms with Crippen molar-refractivity contribution >= 4 is 10.0 Å². The maximum absolute atomic E-state index is 12.6. The molecule has 0 radical (unpaired) electrons. The van der Waals surface area contributed by atoms with Gasteiger partial charge >= 0.3 is 0 Å². The third kappa shape index (κ3) is 3.05. The molecule has 2 rings (SSSR count). The van der Waals surface area contributed by atoms with Crippen LogP contribution in [0.25, 0.3) is 0 Å². The Hall–Kier alpha value is -0.910. The molecule has 1 fully saturated rings. The molecule has 0 saturated carbocycles. The summed E-state index contributed by atoms with van der Waals surface area (Å²) >= 11 is 0. The fraction of sp³-hybridized carbons (Fsp3) is 0.600. The van der Waals surface area contributed by atoms with Gasteiger partial charge in [0.15, 0.2) is 0 Å². The van der Waals surface area contributed by atoms with E-state index in [0.29, 0.717) is 17.5 Å². The van der Waals surface area contributed by atoms with Gasteiger partial charge in [-0.25, -0.2) is 8.42 Å². The quantitative estimate of drug-likeness (QED) is 0.835. The molecule has 1 aromatic rings. The highest BCUT2D eigenvalue weighted by Crippen LogP contribution is 2.22. The zero-order chi connectivity index (χ0) is 14.8. The molecule has 1 heterocycles. The number of sulfonamides is 1. The minimum atomic E-state index is -3.38. The lowest BCUT2D eigenvalue weighted by atomic mass is 10.2. The molecule has 0 N–H and O–H groups in total. The van der Waals surface area contributed by atoms with Gasteiger partial charge in [0, 0.05) is 19.6 Å². The maximum atomic E-state index is 12.6. The number of benzene rings is 1. The van der Waals surface area contributed by atoms with Crippen molar-refractivity contribution in [3.8, 4) is 0 Å². The Morgan fingerprint density at radius 1 is 1.35 bits per heavy atom. The highest BCUT2D eigenvalue weighted by molar-refractivity contribution is 7.89. The lowest BCUT2D eigenvalue weighted by molar-refractivity contribution is 0.237.